The quantitative estimate of drug-likeness (QED) is 0.790. The van der Waals surface area contributed by atoms with Gasteiger partial charge in [0, 0.05) is 26.1 Å². The van der Waals surface area contributed by atoms with Crippen LogP contribution in [-0.2, 0) is 4.79 Å². The van der Waals surface area contributed by atoms with Gasteiger partial charge in [-0.2, -0.15) is 0 Å². The molecule has 1 aromatic carbocycles. The van der Waals surface area contributed by atoms with Gasteiger partial charge in [-0.15, -0.1) is 12.4 Å². The normalized spacial score (nSPS) is 15.5. The van der Waals surface area contributed by atoms with Crippen molar-refractivity contribution in [2.45, 2.75) is 38.5 Å². The summed E-state index contributed by atoms with van der Waals surface area (Å²) < 4.78 is 5.35. The van der Waals surface area contributed by atoms with E-state index in [0.29, 0.717) is 30.0 Å². The number of nitrogens with zero attached hydrogens (tertiary/aromatic N) is 1. The lowest BCUT2D eigenvalue weighted by Crippen LogP contribution is -2.36. The molecule has 1 aromatic rings. The maximum Gasteiger partial charge on any atom is 0.253 e. The summed E-state index contributed by atoms with van der Waals surface area (Å²) in [6.45, 7) is 0.536. The maximum absolute atomic E-state index is 12.5. The third kappa shape index (κ3) is 5.35. The number of carbonyl (C=O) groups excluding carboxylic acids is 2. The molecular weight excluding hydrogens is 354 g/mol. The van der Waals surface area contributed by atoms with Gasteiger partial charge in [0.05, 0.1) is 12.8 Å². The van der Waals surface area contributed by atoms with Gasteiger partial charge in [0.1, 0.15) is 5.75 Å². The third-order valence-electron chi connectivity index (χ3n) is 5.01. The highest BCUT2D eigenvalue weighted by Crippen LogP contribution is 2.39. The molecule has 0 unspecified atom stereocenters. The van der Waals surface area contributed by atoms with E-state index < -0.39 is 0 Å². The lowest BCUT2D eigenvalue weighted by molar-refractivity contribution is -0.118. The molecule has 0 saturated heterocycles. The molecule has 0 bridgehead atoms. The van der Waals surface area contributed by atoms with Crippen LogP contribution in [0.5, 0.6) is 5.75 Å². The van der Waals surface area contributed by atoms with Crippen LogP contribution in [-0.4, -0.2) is 44.5 Å². The van der Waals surface area contributed by atoms with Crippen molar-refractivity contribution in [1.82, 2.24) is 4.90 Å². The summed E-state index contributed by atoms with van der Waals surface area (Å²) in [6, 6.07) is 5.06. The zero-order valence-corrected chi connectivity index (χ0v) is 16.7. The number of rotatable bonds is 6. The number of ether oxygens (including phenoxy) is 1. The first kappa shape index (κ1) is 22.3. The Morgan fingerprint density at radius 1 is 1.23 bits per heavy atom. The second-order valence-electron chi connectivity index (χ2n) is 7.10. The fourth-order valence-electron chi connectivity index (χ4n) is 3.48. The van der Waals surface area contributed by atoms with Crippen LogP contribution in [0.3, 0.4) is 0 Å². The molecule has 3 N–H and O–H groups in total. The highest BCUT2D eigenvalue weighted by Gasteiger charge is 2.33. The van der Waals surface area contributed by atoms with Gasteiger partial charge in [-0.1, -0.05) is 19.3 Å². The first-order valence-corrected chi connectivity index (χ1v) is 8.80. The van der Waals surface area contributed by atoms with Gasteiger partial charge in [-0.05, 0) is 43.0 Å². The number of nitrogens with two attached hydrogens (primary N) is 1. The van der Waals surface area contributed by atoms with Gasteiger partial charge in [-0.25, -0.2) is 0 Å². The van der Waals surface area contributed by atoms with Crippen molar-refractivity contribution in [2.24, 2.45) is 11.1 Å². The van der Waals surface area contributed by atoms with Crippen LogP contribution in [0, 0.1) is 5.41 Å². The van der Waals surface area contributed by atoms with Crippen LogP contribution in [0.25, 0.3) is 0 Å². The van der Waals surface area contributed by atoms with Crippen molar-refractivity contribution in [2.75, 3.05) is 33.1 Å². The van der Waals surface area contributed by atoms with E-state index in [-0.39, 0.29) is 29.6 Å². The molecule has 1 aliphatic rings. The minimum atomic E-state index is -0.111. The zero-order valence-electron chi connectivity index (χ0n) is 15.8. The lowest BCUT2D eigenvalue weighted by atomic mass is 9.71. The van der Waals surface area contributed by atoms with Crippen LogP contribution in [0.4, 0.5) is 5.69 Å². The number of nitrogens with one attached hydrogen (secondary N) is 1. The smallest absolute Gasteiger partial charge is 0.253 e. The van der Waals surface area contributed by atoms with Crippen LogP contribution >= 0.6 is 12.4 Å². The summed E-state index contributed by atoms with van der Waals surface area (Å²) in [5, 5.41) is 2.92. The maximum atomic E-state index is 12.5. The second kappa shape index (κ2) is 9.78. The van der Waals surface area contributed by atoms with Crippen molar-refractivity contribution in [3.05, 3.63) is 23.8 Å². The summed E-state index contributed by atoms with van der Waals surface area (Å²) in [7, 11) is 4.92. The average Bonchev–Trinajstić information content (AvgIpc) is 2.62. The van der Waals surface area contributed by atoms with E-state index in [1.165, 1.54) is 18.4 Å². The minimum absolute atomic E-state index is 0. The van der Waals surface area contributed by atoms with E-state index in [4.69, 9.17) is 10.5 Å². The van der Waals surface area contributed by atoms with E-state index in [9.17, 15) is 9.59 Å². The van der Waals surface area contributed by atoms with Crippen LogP contribution in [0.2, 0.25) is 0 Å². The molecular formula is C19H30ClN3O3. The molecule has 2 rings (SSSR count). The Hall–Kier alpha value is -1.79. The number of benzene rings is 1. The first-order valence-electron chi connectivity index (χ1n) is 8.80. The van der Waals surface area contributed by atoms with Crippen molar-refractivity contribution < 1.29 is 14.3 Å². The summed E-state index contributed by atoms with van der Waals surface area (Å²) in [5.41, 5.74) is 6.98. The van der Waals surface area contributed by atoms with Crippen molar-refractivity contribution in [3.8, 4) is 5.75 Å². The highest BCUT2D eigenvalue weighted by molar-refractivity contribution is 5.97. The number of amides is 2. The van der Waals surface area contributed by atoms with Crippen LogP contribution < -0.4 is 15.8 Å². The number of carbonyl (C=O) groups is 2. The molecule has 26 heavy (non-hydrogen) atoms. The van der Waals surface area contributed by atoms with E-state index >= 15 is 0 Å². The van der Waals surface area contributed by atoms with Gasteiger partial charge >= 0.3 is 0 Å². The number of methoxy groups -OCH3 is 1. The van der Waals surface area contributed by atoms with Gasteiger partial charge in [0.25, 0.3) is 5.91 Å². The van der Waals surface area contributed by atoms with E-state index in [1.54, 1.807) is 32.3 Å². The molecule has 1 aliphatic carbocycles. The molecule has 1 fully saturated rings. The van der Waals surface area contributed by atoms with Gasteiger partial charge < -0.3 is 20.7 Å². The summed E-state index contributed by atoms with van der Waals surface area (Å²) >= 11 is 0. The number of hydrogen-bond acceptors (Lipinski definition) is 4. The van der Waals surface area contributed by atoms with Crippen LogP contribution in [0.1, 0.15) is 48.9 Å². The SMILES string of the molecule is COc1cc(C(=O)N(C)C)ccc1NC(=O)CC1(CN)CCCCC1.Cl. The predicted molar refractivity (Wildman–Crippen MR) is 106 cm³/mol. The Morgan fingerprint density at radius 2 is 1.88 bits per heavy atom. The Kier molecular flexibility index (Phi) is 8.37. The monoisotopic (exact) mass is 383 g/mol. The third-order valence-corrected chi connectivity index (χ3v) is 5.01. The van der Waals surface area contributed by atoms with Gasteiger partial charge in [0.2, 0.25) is 5.91 Å². The van der Waals surface area contributed by atoms with Gasteiger partial charge in [0.15, 0.2) is 0 Å². The molecule has 0 aromatic heterocycles. The number of hydrogen-bond donors (Lipinski definition) is 2. The number of halogens is 1. The summed E-state index contributed by atoms with van der Waals surface area (Å²) in [4.78, 5) is 26.1. The summed E-state index contributed by atoms with van der Waals surface area (Å²) in [5.74, 6) is 0.310. The predicted octanol–water partition coefficient (Wildman–Crippen LogP) is 3.06. The van der Waals surface area contributed by atoms with E-state index in [0.717, 1.165) is 25.7 Å². The van der Waals surface area contributed by atoms with Crippen molar-refractivity contribution in [1.29, 1.82) is 0 Å². The molecule has 0 radical (unpaired) electrons. The zero-order chi connectivity index (χ0) is 18.4. The molecule has 0 aliphatic heterocycles. The molecule has 6 nitrogen and oxygen atoms in total. The molecule has 2 amide bonds. The molecule has 7 heteroatoms. The Bertz CT molecular complexity index is 628. The molecule has 0 atom stereocenters. The minimum Gasteiger partial charge on any atom is -0.495 e. The Balaban J connectivity index is 0.00000338. The number of anilines is 1. The van der Waals surface area contributed by atoms with Gasteiger partial charge in [-0.3, -0.25) is 9.59 Å². The Labute approximate surface area is 161 Å². The highest BCUT2D eigenvalue weighted by atomic mass is 35.5. The van der Waals surface area contributed by atoms with Crippen molar-refractivity contribution in [3.63, 3.8) is 0 Å². The molecule has 0 spiro atoms. The Morgan fingerprint density at radius 3 is 2.42 bits per heavy atom. The average molecular weight is 384 g/mol. The van der Waals surface area contributed by atoms with E-state index in [1.807, 2.05) is 0 Å². The fraction of sp³-hybridized carbons (Fsp3) is 0.579. The lowest BCUT2D eigenvalue weighted by Gasteiger charge is -2.35. The first-order chi connectivity index (χ1) is 11.9. The molecule has 0 heterocycles. The topological polar surface area (TPSA) is 84.7 Å². The molecule has 146 valence electrons. The van der Waals surface area contributed by atoms with Crippen LogP contribution in [0.15, 0.2) is 18.2 Å². The molecule has 1 saturated carbocycles. The fourth-order valence-corrected chi connectivity index (χ4v) is 3.48. The summed E-state index contributed by atoms with van der Waals surface area (Å²) in [6.07, 6.45) is 5.92. The van der Waals surface area contributed by atoms with Crippen molar-refractivity contribution >= 4 is 29.9 Å². The van der Waals surface area contributed by atoms with E-state index in [2.05, 4.69) is 5.32 Å². The standard InChI is InChI=1S/C19H29N3O3.ClH/c1-22(2)18(24)14-7-8-15(16(11-14)25-3)21-17(23)12-19(13-20)9-5-4-6-10-19;/h7-8,11H,4-6,9-10,12-13,20H2,1-3H3,(H,21,23);1H. The largest absolute Gasteiger partial charge is 0.495 e. The second-order valence-corrected chi connectivity index (χ2v) is 7.10.